The Morgan fingerprint density at radius 3 is 2.73 bits per heavy atom. The van der Waals surface area contributed by atoms with Crippen LogP contribution in [0.4, 0.5) is 0 Å². The molecule has 0 saturated carbocycles. The summed E-state index contributed by atoms with van der Waals surface area (Å²) in [7, 11) is 0. The van der Waals surface area contributed by atoms with Crippen LogP contribution in [0.15, 0.2) is 18.6 Å². The van der Waals surface area contributed by atoms with Crippen LogP contribution in [0, 0.1) is 0 Å². The normalized spacial score (nSPS) is 10.9. The zero-order chi connectivity index (χ0) is 10.8. The molecule has 0 amide bonds. The molecule has 78 valence electrons. The van der Waals surface area contributed by atoms with Crippen molar-refractivity contribution in [2.45, 2.75) is 20.0 Å². The van der Waals surface area contributed by atoms with Gasteiger partial charge in [0.05, 0.1) is 6.10 Å². The SMILES string of the molecule is CC(C)Oc1ccnc2c(Cl)ncnc12. The Hall–Kier alpha value is -1.42. The van der Waals surface area contributed by atoms with Crippen LogP contribution in [0.2, 0.25) is 5.15 Å². The molecular weight excluding hydrogens is 214 g/mol. The van der Waals surface area contributed by atoms with Gasteiger partial charge in [-0.1, -0.05) is 11.6 Å². The van der Waals surface area contributed by atoms with Crippen LogP contribution >= 0.6 is 11.6 Å². The molecule has 0 fully saturated rings. The molecule has 0 aliphatic heterocycles. The third-order valence-electron chi connectivity index (χ3n) is 1.80. The smallest absolute Gasteiger partial charge is 0.158 e. The van der Waals surface area contributed by atoms with E-state index in [9.17, 15) is 0 Å². The lowest BCUT2D eigenvalue weighted by molar-refractivity contribution is 0.245. The molecule has 0 aliphatic carbocycles. The summed E-state index contributed by atoms with van der Waals surface area (Å²) in [6, 6.07) is 1.77. The van der Waals surface area contributed by atoms with E-state index in [1.807, 2.05) is 13.8 Å². The molecule has 2 heterocycles. The maximum Gasteiger partial charge on any atom is 0.158 e. The average Bonchev–Trinajstić information content (AvgIpc) is 2.19. The molecule has 4 nitrogen and oxygen atoms in total. The van der Waals surface area contributed by atoms with Crippen LogP contribution in [-0.2, 0) is 0 Å². The second kappa shape index (κ2) is 3.98. The number of rotatable bonds is 2. The highest BCUT2D eigenvalue weighted by molar-refractivity contribution is 6.33. The monoisotopic (exact) mass is 223 g/mol. The van der Waals surface area contributed by atoms with Gasteiger partial charge >= 0.3 is 0 Å². The second-order valence-electron chi connectivity index (χ2n) is 3.34. The van der Waals surface area contributed by atoms with E-state index in [1.54, 1.807) is 12.3 Å². The Labute approximate surface area is 92.3 Å². The highest BCUT2D eigenvalue weighted by atomic mass is 35.5. The topological polar surface area (TPSA) is 47.9 Å². The number of nitrogens with zero attached hydrogens (tertiary/aromatic N) is 3. The molecule has 0 radical (unpaired) electrons. The average molecular weight is 224 g/mol. The van der Waals surface area contributed by atoms with Crippen molar-refractivity contribution in [2.24, 2.45) is 0 Å². The molecule has 0 saturated heterocycles. The Balaban J connectivity index is 2.61. The summed E-state index contributed by atoms with van der Waals surface area (Å²) < 4.78 is 5.59. The molecule has 0 N–H and O–H groups in total. The van der Waals surface area contributed by atoms with Gasteiger partial charge in [0.15, 0.2) is 5.15 Å². The van der Waals surface area contributed by atoms with E-state index in [0.29, 0.717) is 21.9 Å². The first-order valence-electron chi connectivity index (χ1n) is 4.60. The molecule has 0 spiro atoms. The first-order chi connectivity index (χ1) is 7.18. The van der Waals surface area contributed by atoms with E-state index in [0.717, 1.165) is 0 Å². The van der Waals surface area contributed by atoms with Crippen LogP contribution in [0.5, 0.6) is 5.75 Å². The standard InChI is InChI=1S/C10H10ClN3O/c1-6(2)15-7-3-4-12-9-8(7)13-5-14-10(9)11/h3-6H,1-2H3. The van der Waals surface area contributed by atoms with E-state index < -0.39 is 0 Å². The number of pyridine rings is 1. The van der Waals surface area contributed by atoms with Gasteiger partial charge < -0.3 is 4.74 Å². The lowest BCUT2D eigenvalue weighted by Crippen LogP contribution is -2.06. The molecule has 2 rings (SSSR count). The van der Waals surface area contributed by atoms with Gasteiger partial charge in [-0.05, 0) is 13.8 Å². The third-order valence-corrected chi connectivity index (χ3v) is 2.08. The van der Waals surface area contributed by atoms with Crippen LogP contribution in [-0.4, -0.2) is 21.1 Å². The van der Waals surface area contributed by atoms with E-state index >= 15 is 0 Å². The summed E-state index contributed by atoms with van der Waals surface area (Å²) in [6.45, 7) is 3.91. The van der Waals surface area contributed by atoms with Gasteiger partial charge in [0.25, 0.3) is 0 Å². The maximum absolute atomic E-state index is 5.90. The van der Waals surface area contributed by atoms with Crippen molar-refractivity contribution in [1.29, 1.82) is 0 Å². The number of aromatic nitrogens is 3. The number of hydrogen-bond acceptors (Lipinski definition) is 4. The van der Waals surface area contributed by atoms with Crippen molar-refractivity contribution in [2.75, 3.05) is 0 Å². The van der Waals surface area contributed by atoms with Gasteiger partial charge in [-0.25, -0.2) is 9.97 Å². The quantitative estimate of drug-likeness (QED) is 0.734. The molecule has 0 bridgehead atoms. The zero-order valence-corrected chi connectivity index (χ0v) is 9.19. The third kappa shape index (κ3) is 1.99. The summed E-state index contributed by atoms with van der Waals surface area (Å²) in [6.07, 6.45) is 3.12. The van der Waals surface area contributed by atoms with Crippen molar-refractivity contribution in [1.82, 2.24) is 15.0 Å². The van der Waals surface area contributed by atoms with Gasteiger partial charge in [0.1, 0.15) is 23.1 Å². The van der Waals surface area contributed by atoms with Crippen molar-refractivity contribution in [3.8, 4) is 5.75 Å². The molecule has 2 aromatic heterocycles. The lowest BCUT2D eigenvalue weighted by atomic mass is 10.3. The molecule has 0 atom stereocenters. The van der Waals surface area contributed by atoms with Crippen LogP contribution in [0.3, 0.4) is 0 Å². The lowest BCUT2D eigenvalue weighted by Gasteiger charge is -2.10. The fraction of sp³-hybridized carbons (Fsp3) is 0.300. The predicted molar refractivity (Wildman–Crippen MR) is 58.1 cm³/mol. The summed E-state index contributed by atoms with van der Waals surface area (Å²) >= 11 is 5.90. The summed E-state index contributed by atoms with van der Waals surface area (Å²) in [5.74, 6) is 0.680. The zero-order valence-electron chi connectivity index (χ0n) is 8.44. The number of halogens is 1. The van der Waals surface area contributed by atoms with Crippen molar-refractivity contribution in [3.63, 3.8) is 0 Å². The number of fused-ring (bicyclic) bond motifs is 1. The Morgan fingerprint density at radius 2 is 2.00 bits per heavy atom. The van der Waals surface area contributed by atoms with Crippen molar-refractivity contribution >= 4 is 22.6 Å². The largest absolute Gasteiger partial charge is 0.489 e. The summed E-state index contributed by atoms with van der Waals surface area (Å²) in [5, 5.41) is 0.342. The maximum atomic E-state index is 5.90. The fourth-order valence-corrected chi connectivity index (χ4v) is 1.44. The van der Waals surface area contributed by atoms with Gasteiger partial charge in [-0.3, -0.25) is 4.98 Å². The van der Waals surface area contributed by atoms with Gasteiger partial charge in [0, 0.05) is 12.3 Å². The van der Waals surface area contributed by atoms with Gasteiger partial charge in [0.2, 0.25) is 0 Å². The molecule has 5 heteroatoms. The van der Waals surface area contributed by atoms with E-state index in [-0.39, 0.29) is 6.10 Å². The first-order valence-corrected chi connectivity index (χ1v) is 4.98. The molecule has 0 unspecified atom stereocenters. The summed E-state index contributed by atoms with van der Waals surface area (Å²) in [4.78, 5) is 12.1. The van der Waals surface area contributed by atoms with E-state index in [2.05, 4.69) is 15.0 Å². The fourth-order valence-electron chi connectivity index (χ4n) is 1.26. The minimum Gasteiger partial charge on any atom is -0.489 e. The highest BCUT2D eigenvalue weighted by Crippen LogP contribution is 2.25. The molecule has 0 aliphatic rings. The van der Waals surface area contributed by atoms with Crippen LogP contribution in [0.25, 0.3) is 11.0 Å². The first kappa shape index (κ1) is 10.1. The predicted octanol–water partition coefficient (Wildman–Crippen LogP) is 2.47. The molecule has 2 aromatic rings. The van der Waals surface area contributed by atoms with E-state index in [1.165, 1.54) is 6.33 Å². The number of ether oxygens (including phenoxy) is 1. The second-order valence-corrected chi connectivity index (χ2v) is 3.70. The minimum atomic E-state index is 0.0874. The minimum absolute atomic E-state index is 0.0874. The molecule has 0 aromatic carbocycles. The molecule has 15 heavy (non-hydrogen) atoms. The van der Waals surface area contributed by atoms with Crippen molar-refractivity contribution < 1.29 is 4.74 Å². The molecular formula is C10H10ClN3O. The highest BCUT2D eigenvalue weighted by Gasteiger charge is 2.09. The van der Waals surface area contributed by atoms with Gasteiger partial charge in [-0.2, -0.15) is 0 Å². The Morgan fingerprint density at radius 1 is 1.20 bits per heavy atom. The van der Waals surface area contributed by atoms with E-state index in [4.69, 9.17) is 16.3 Å². The van der Waals surface area contributed by atoms with Crippen LogP contribution in [0.1, 0.15) is 13.8 Å². The summed E-state index contributed by atoms with van der Waals surface area (Å²) in [5.41, 5.74) is 1.21. The number of hydrogen-bond donors (Lipinski definition) is 0. The van der Waals surface area contributed by atoms with Crippen molar-refractivity contribution in [3.05, 3.63) is 23.7 Å². The van der Waals surface area contributed by atoms with Gasteiger partial charge in [-0.15, -0.1) is 0 Å². The Bertz CT molecular complexity index is 487. The Kier molecular flexibility index (Phi) is 2.68. The van der Waals surface area contributed by atoms with Crippen LogP contribution < -0.4 is 4.74 Å².